The molecule has 2 nitrogen and oxygen atoms in total. The third kappa shape index (κ3) is 4.20. The molecule has 1 rings (SSSR count). The maximum Gasteiger partial charge on any atom is 0.156 e. The van der Waals surface area contributed by atoms with Gasteiger partial charge in [0.05, 0.1) is 16.8 Å². The Morgan fingerprint density at radius 2 is 1.94 bits per heavy atom. The Morgan fingerprint density at radius 1 is 1.28 bits per heavy atom. The van der Waals surface area contributed by atoms with E-state index in [4.69, 9.17) is 10.5 Å². The second-order valence-corrected chi connectivity index (χ2v) is 6.12. The van der Waals surface area contributed by atoms with E-state index in [1.54, 1.807) is 0 Å². The SMILES string of the molecule is CCC(C)c1cc(N)c(OCCC(C)C)c(Br)c1. The van der Waals surface area contributed by atoms with Crippen LogP contribution < -0.4 is 10.5 Å². The zero-order chi connectivity index (χ0) is 13.7. The second-order valence-electron chi connectivity index (χ2n) is 5.26. The molecule has 18 heavy (non-hydrogen) atoms. The molecule has 0 bridgehead atoms. The first-order chi connectivity index (χ1) is 8.45. The molecule has 0 fully saturated rings. The van der Waals surface area contributed by atoms with Crippen molar-refractivity contribution in [1.82, 2.24) is 0 Å². The molecule has 1 aromatic rings. The lowest BCUT2D eigenvalue weighted by atomic mass is 9.98. The Bertz CT molecular complexity index is 367. The number of halogens is 1. The van der Waals surface area contributed by atoms with Gasteiger partial charge in [-0.1, -0.05) is 27.7 Å². The van der Waals surface area contributed by atoms with Crippen LogP contribution in [0.3, 0.4) is 0 Å². The average Bonchev–Trinajstić information content (AvgIpc) is 2.31. The van der Waals surface area contributed by atoms with Gasteiger partial charge >= 0.3 is 0 Å². The summed E-state index contributed by atoms with van der Waals surface area (Å²) in [4.78, 5) is 0. The molecule has 0 amide bonds. The van der Waals surface area contributed by atoms with Crippen molar-refractivity contribution in [2.45, 2.75) is 46.5 Å². The highest BCUT2D eigenvalue weighted by atomic mass is 79.9. The van der Waals surface area contributed by atoms with Crippen molar-refractivity contribution in [2.75, 3.05) is 12.3 Å². The van der Waals surface area contributed by atoms with Crippen LogP contribution in [0.1, 0.15) is 52.0 Å². The number of hydrogen-bond donors (Lipinski definition) is 1. The van der Waals surface area contributed by atoms with Crippen LogP contribution in [-0.2, 0) is 0 Å². The zero-order valence-corrected chi connectivity index (χ0v) is 13.4. The summed E-state index contributed by atoms with van der Waals surface area (Å²) in [6.07, 6.45) is 2.15. The first kappa shape index (κ1) is 15.4. The van der Waals surface area contributed by atoms with Gasteiger partial charge in [-0.2, -0.15) is 0 Å². The molecule has 0 aromatic heterocycles. The largest absolute Gasteiger partial charge is 0.490 e. The number of nitrogens with two attached hydrogens (primary N) is 1. The highest BCUT2D eigenvalue weighted by molar-refractivity contribution is 9.10. The van der Waals surface area contributed by atoms with E-state index >= 15 is 0 Å². The molecule has 0 saturated carbocycles. The summed E-state index contributed by atoms with van der Waals surface area (Å²) in [5, 5.41) is 0. The minimum absolute atomic E-state index is 0.522. The van der Waals surface area contributed by atoms with Gasteiger partial charge < -0.3 is 10.5 Å². The fourth-order valence-electron chi connectivity index (χ4n) is 1.71. The summed E-state index contributed by atoms with van der Waals surface area (Å²) in [5.74, 6) is 1.94. The van der Waals surface area contributed by atoms with Crippen LogP contribution in [0.4, 0.5) is 5.69 Å². The Balaban J connectivity index is 2.81. The summed E-state index contributed by atoms with van der Waals surface area (Å²) in [6, 6.07) is 4.15. The number of benzene rings is 1. The van der Waals surface area contributed by atoms with E-state index in [0.29, 0.717) is 18.4 Å². The van der Waals surface area contributed by atoms with E-state index in [-0.39, 0.29) is 0 Å². The van der Waals surface area contributed by atoms with Crippen molar-refractivity contribution < 1.29 is 4.74 Å². The van der Waals surface area contributed by atoms with Crippen LogP contribution in [0.5, 0.6) is 5.75 Å². The van der Waals surface area contributed by atoms with Gasteiger partial charge in [-0.3, -0.25) is 0 Å². The number of rotatable bonds is 6. The average molecular weight is 314 g/mol. The van der Waals surface area contributed by atoms with Gasteiger partial charge in [-0.05, 0) is 58.3 Å². The highest BCUT2D eigenvalue weighted by Crippen LogP contribution is 2.35. The molecule has 102 valence electrons. The molecule has 1 unspecified atom stereocenters. The van der Waals surface area contributed by atoms with Gasteiger partial charge in [-0.15, -0.1) is 0 Å². The van der Waals surface area contributed by atoms with Crippen molar-refractivity contribution >= 4 is 21.6 Å². The van der Waals surface area contributed by atoms with Crippen molar-refractivity contribution in [1.29, 1.82) is 0 Å². The monoisotopic (exact) mass is 313 g/mol. The first-order valence-electron chi connectivity index (χ1n) is 6.67. The van der Waals surface area contributed by atoms with Crippen molar-refractivity contribution in [2.24, 2.45) is 5.92 Å². The summed E-state index contributed by atoms with van der Waals surface area (Å²) in [6.45, 7) is 9.48. The molecular formula is C15H24BrNO. The summed E-state index contributed by atoms with van der Waals surface area (Å²) < 4.78 is 6.73. The van der Waals surface area contributed by atoms with Gasteiger partial charge in [0, 0.05) is 0 Å². The first-order valence-corrected chi connectivity index (χ1v) is 7.46. The van der Waals surface area contributed by atoms with Gasteiger partial charge in [0.25, 0.3) is 0 Å². The number of anilines is 1. The number of hydrogen-bond acceptors (Lipinski definition) is 2. The predicted molar refractivity (Wildman–Crippen MR) is 82.2 cm³/mol. The maximum absolute atomic E-state index is 6.08. The molecule has 0 aliphatic heterocycles. The van der Waals surface area contributed by atoms with Crippen LogP contribution in [0.2, 0.25) is 0 Å². The lowest BCUT2D eigenvalue weighted by Crippen LogP contribution is -2.05. The lowest BCUT2D eigenvalue weighted by Gasteiger charge is -2.16. The molecule has 0 aliphatic carbocycles. The topological polar surface area (TPSA) is 35.2 Å². The predicted octanol–water partition coefficient (Wildman–Crippen LogP) is 4.97. The molecule has 0 radical (unpaired) electrons. The molecule has 0 aliphatic rings. The van der Waals surface area contributed by atoms with Crippen LogP contribution in [0.25, 0.3) is 0 Å². The van der Waals surface area contributed by atoms with E-state index in [9.17, 15) is 0 Å². The van der Waals surface area contributed by atoms with Gasteiger partial charge in [-0.25, -0.2) is 0 Å². The molecule has 0 spiro atoms. The quantitative estimate of drug-likeness (QED) is 0.752. The Morgan fingerprint density at radius 3 is 2.44 bits per heavy atom. The van der Waals surface area contributed by atoms with Crippen LogP contribution in [-0.4, -0.2) is 6.61 Å². The Kier molecular flexibility index (Phi) is 6.00. The van der Waals surface area contributed by atoms with E-state index in [1.807, 2.05) is 6.07 Å². The summed E-state index contributed by atoms with van der Waals surface area (Å²) >= 11 is 3.56. The molecule has 1 atom stereocenters. The van der Waals surface area contributed by atoms with Crippen LogP contribution in [0.15, 0.2) is 16.6 Å². The van der Waals surface area contributed by atoms with Gasteiger partial charge in [0.1, 0.15) is 0 Å². The van der Waals surface area contributed by atoms with Crippen LogP contribution in [0, 0.1) is 5.92 Å². The van der Waals surface area contributed by atoms with E-state index in [2.05, 4.69) is 49.7 Å². The van der Waals surface area contributed by atoms with E-state index in [0.717, 1.165) is 28.8 Å². The second kappa shape index (κ2) is 7.03. The van der Waals surface area contributed by atoms with Crippen molar-refractivity contribution in [3.8, 4) is 5.75 Å². The van der Waals surface area contributed by atoms with Gasteiger partial charge in [0.2, 0.25) is 0 Å². The highest BCUT2D eigenvalue weighted by Gasteiger charge is 2.11. The smallest absolute Gasteiger partial charge is 0.156 e. The third-order valence-electron chi connectivity index (χ3n) is 3.22. The zero-order valence-electron chi connectivity index (χ0n) is 11.8. The van der Waals surface area contributed by atoms with Gasteiger partial charge in [0.15, 0.2) is 5.75 Å². The Labute approximate surface area is 119 Å². The molecule has 1 aromatic carbocycles. The van der Waals surface area contributed by atoms with E-state index < -0.39 is 0 Å². The Hall–Kier alpha value is -0.700. The van der Waals surface area contributed by atoms with Crippen molar-refractivity contribution in [3.05, 3.63) is 22.2 Å². The van der Waals surface area contributed by atoms with Crippen molar-refractivity contribution in [3.63, 3.8) is 0 Å². The fourth-order valence-corrected chi connectivity index (χ4v) is 2.31. The molecular weight excluding hydrogens is 290 g/mol. The third-order valence-corrected chi connectivity index (χ3v) is 3.81. The number of nitrogen functional groups attached to an aromatic ring is 1. The lowest BCUT2D eigenvalue weighted by molar-refractivity contribution is 0.289. The molecule has 0 heterocycles. The summed E-state index contributed by atoms with van der Waals surface area (Å²) in [7, 11) is 0. The summed E-state index contributed by atoms with van der Waals surface area (Å²) in [5.41, 5.74) is 8.06. The molecule has 3 heteroatoms. The molecule has 2 N–H and O–H groups in total. The van der Waals surface area contributed by atoms with Crippen LogP contribution >= 0.6 is 15.9 Å². The number of ether oxygens (including phenoxy) is 1. The molecule has 0 saturated heterocycles. The fraction of sp³-hybridized carbons (Fsp3) is 0.600. The van der Waals surface area contributed by atoms with E-state index in [1.165, 1.54) is 5.56 Å². The maximum atomic E-state index is 6.08. The normalized spacial score (nSPS) is 12.8. The minimum Gasteiger partial charge on any atom is -0.490 e. The standard InChI is InChI=1S/C15H24BrNO/c1-5-11(4)12-8-13(16)15(14(17)9-12)18-7-6-10(2)3/h8-11H,5-7,17H2,1-4H3. The minimum atomic E-state index is 0.522.